The molecule has 1 amide bonds. The normalized spacial score (nSPS) is 10.8. The highest BCUT2D eigenvalue weighted by molar-refractivity contribution is 7.99. The Morgan fingerprint density at radius 3 is 2.50 bits per heavy atom. The molecule has 7 heteroatoms. The van der Waals surface area contributed by atoms with E-state index >= 15 is 0 Å². The van der Waals surface area contributed by atoms with Gasteiger partial charge in [-0.15, -0.1) is 10.2 Å². The van der Waals surface area contributed by atoms with Crippen molar-refractivity contribution >= 4 is 23.4 Å². The lowest BCUT2D eigenvalue weighted by molar-refractivity contribution is -0.113. The maximum atomic E-state index is 12.7. The fourth-order valence-electron chi connectivity index (χ4n) is 3.48. The number of carbonyl (C=O) groups excluding carboxylic acids is 1. The molecule has 0 unspecified atom stereocenters. The number of thioether (sulfide) groups is 1. The summed E-state index contributed by atoms with van der Waals surface area (Å²) in [7, 11) is 0. The van der Waals surface area contributed by atoms with E-state index in [0.29, 0.717) is 11.0 Å². The van der Waals surface area contributed by atoms with Gasteiger partial charge in [-0.05, 0) is 67.3 Å². The number of amides is 1. The second-order valence-corrected chi connectivity index (χ2v) is 8.95. The minimum atomic E-state index is -0.0864. The van der Waals surface area contributed by atoms with E-state index in [1.54, 1.807) is 0 Å². The average Bonchev–Trinajstić information content (AvgIpc) is 3.27. The number of para-hydroxylation sites is 1. The molecule has 1 heterocycles. The smallest absolute Gasteiger partial charge is 0.234 e. The lowest BCUT2D eigenvalue weighted by Crippen LogP contribution is -2.15. The Balaban J connectivity index is 1.52. The van der Waals surface area contributed by atoms with Crippen molar-refractivity contribution in [2.45, 2.75) is 39.0 Å². The number of rotatable bonds is 9. The van der Waals surface area contributed by atoms with E-state index in [2.05, 4.69) is 46.7 Å². The zero-order chi connectivity index (χ0) is 23.9. The van der Waals surface area contributed by atoms with Gasteiger partial charge < -0.3 is 10.1 Å². The monoisotopic (exact) mass is 472 g/mol. The quantitative estimate of drug-likeness (QED) is 0.314. The van der Waals surface area contributed by atoms with Crippen LogP contribution >= 0.6 is 11.8 Å². The van der Waals surface area contributed by atoms with Crippen LogP contribution in [0, 0.1) is 13.8 Å². The maximum Gasteiger partial charge on any atom is 0.234 e. The molecule has 4 rings (SSSR count). The molecule has 0 aliphatic carbocycles. The van der Waals surface area contributed by atoms with Crippen LogP contribution in [0.4, 0.5) is 5.69 Å². The Morgan fingerprint density at radius 2 is 1.76 bits per heavy atom. The minimum absolute atomic E-state index is 0.0864. The Morgan fingerprint density at radius 1 is 1.00 bits per heavy atom. The first-order valence-corrected chi connectivity index (χ1v) is 12.2. The van der Waals surface area contributed by atoms with Crippen LogP contribution in [0.15, 0.2) is 78.0 Å². The molecule has 0 saturated heterocycles. The summed E-state index contributed by atoms with van der Waals surface area (Å²) in [6.45, 7) is 6.39. The van der Waals surface area contributed by atoms with Crippen molar-refractivity contribution in [1.29, 1.82) is 0 Å². The van der Waals surface area contributed by atoms with Crippen LogP contribution in [0.25, 0.3) is 5.69 Å². The number of nitrogens with one attached hydrogen (secondary N) is 1. The van der Waals surface area contributed by atoms with Crippen molar-refractivity contribution in [3.63, 3.8) is 0 Å². The predicted octanol–water partition coefficient (Wildman–Crippen LogP) is 5.76. The number of hydrogen-bond donors (Lipinski definition) is 1. The molecule has 0 fully saturated rings. The third-order valence-electron chi connectivity index (χ3n) is 5.41. The number of ether oxygens (including phenoxy) is 1. The van der Waals surface area contributed by atoms with Crippen molar-refractivity contribution in [3.8, 4) is 11.4 Å². The fourth-order valence-corrected chi connectivity index (χ4v) is 4.25. The van der Waals surface area contributed by atoms with Gasteiger partial charge in [0.1, 0.15) is 12.4 Å². The van der Waals surface area contributed by atoms with E-state index < -0.39 is 0 Å². The van der Waals surface area contributed by atoms with Gasteiger partial charge in [0.05, 0.1) is 5.75 Å². The fraction of sp³-hybridized carbons (Fsp3) is 0.222. The van der Waals surface area contributed by atoms with Crippen molar-refractivity contribution in [2.24, 2.45) is 0 Å². The number of anilines is 1. The molecule has 3 aromatic carbocycles. The van der Waals surface area contributed by atoms with Crippen molar-refractivity contribution in [1.82, 2.24) is 14.8 Å². The highest BCUT2D eigenvalue weighted by Gasteiger charge is 2.17. The Bertz CT molecular complexity index is 1250. The van der Waals surface area contributed by atoms with Gasteiger partial charge in [-0.1, -0.05) is 61.2 Å². The van der Waals surface area contributed by atoms with Gasteiger partial charge in [0.15, 0.2) is 11.0 Å². The maximum absolute atomic E-state index is 12.7. The number of benzene rings is 3. The molecule has 0 radical (unpaired) electrons. The molecule has 34 heavy (non-hydrogen) atoms. The molecule has 1 aromatic heterocycles. The van der Waals surface area contributed by atoms with Crippen LogP contribution < -0.4 is 10.1 Å². The Labute approximate surface area is 204 Å². The molecular formula is C27H28N4O2S. The zero-order valence-electron chi connectivity index (χ0n) is 19.6. The van der Waals surface area contributed by atoms with Crippen molar-refractivity contribution in [2.75, 3.05) is 11.1 Å². The summed E-state index contributed by atoms with van der Waals surface area (Å²) in [5.41, 5.74) is 5.15. The number of carbonyl (C=O) groups is 1. The highest BCUT2D eigenvalue weighted by Crippen LogP contribution is 2.24. The van der Waals surface area contributed by atoms with Gasteiger partial charge in [0, 0.05) is 11.4 Å². The highest BCUT2D eigenvalue weighted by atomic mass is 32.2. The largest absolute Gasteiger partial charge is 0.486 e. The van der Waals surface area contributed by atoms with Crippen molar-refractivity contribution in [3.05, 3.63) is 95.3 Å². The molecular weight excluding hydrogens is 444 g/mol. The summed E-state index contributed by atoms with van der Waals surface area (Å²) in [6.07, 6.45) is 0.965. The van der Waals surface area contributed by atoms with E-state index in [1.807, 2.05) is 66.9 Å². The third kappa shape index (κ3) is 5.85. The Hall–Kier alpha value is -3.58. The Kier molecular flexibility index (Phi) is 7.65. The van der Waals surface area contributed by atoms with Crippen LogP contribution in [0.2, 0.25) is 0 Å². The zero-order valence-corrected chi connectivity index (χ0v) is 20.4. The standard InChI is InChI=1S/C27H28N4O2S/c1-4-21-12-14-22(15-13-21)31-25(17-33-23-8-6-5-7-9-23)29-30-27(31)34-18-26(32)28-24-16-19(2)10-11-20(24)3/h5-16H,4,17-18H2,1-3H3,(H,28,32). The van der Waals surface area contributed by atoms with Gasteiger partial charge >= 0.3 is 0 Å². The molecule has 0 aliphatic rings. The van der Waals surface area contributed by atoms with E-state index in [-0.39, 0.29) is 18.3 Å². The first-order valence-electron chi connectivity index (χ1n) is 11.2. The number of nitrogens with zero attached hydrogens (tertiary/aromatic N) is 3. The summed E-state index contributed by atoms with van der Waals surface area (Å²) < 4.78 is 7.89. The van der Waals surface area contributed by atoms with Gasteiger partial charge in [0.25, 0.3) is 0 Å². The van der Waals surface area contributed by atoms with Crippen LogP contribution in [-0.2, 0) is 17.8 Å². The van der Waals surface area contributed by atoms with E-state index in [0.717, 1.165) is 34.7 Å². The van der Waals surface area contributed by atoms with Crippen LogP contribution in [0.5, 0.6) is 5.75 Å². The number of aryl methyl sites for hydroxylation is 3. The van der Waals surface area contributed by atoms with Gasteiger partial charge in [-0.25, -0.2) is 0 Å². The molecule has 0 spiro atoms. The van der Waals surface area contributed by atoms with Crippen molar-refractivity contribution < 1.29 is 9.53 Å². The molecule has 174 valence electrons. The first kappa shape index (κ1) is 23.6. The average molecular weight is 473 g/mol. The topological polar surface area (TPSA) is 69.0 Å². The molecule has 4 aromatic rings. The third-order valence-corrected chi connectivity index (χ3v) is 6.34. The molecule has 0 bridgehead atoms. The van der Waals surface area contributed by atoms with E-state index in [9.17, 15) is 4.79 Å². The summed E-state index contributed by atoms with van der Waals surface area (Å²) >= 11 is 1.35. The summed E-state index contributed by atoms with van der Waals surface area (Å²) in [6, 6.07) is 23.9. The van der Waals surface area contributed by atoms with E-state index in [4.69, 9.17) is 4.74 Å². The number of hydrogen-bond acceptors (Lipinski definition) is 5. The van der Waals surface area contributed by atoms with Crippen LogP contribution in [0.1, 0.15) is 29.4 Å². The van der Waals surface area contributed by atoms with Crippen LogP contribution in [-0.4, -0.2) is 26.4 Å². The lowest BCUT2D eigenvalue weighted by Gasteiger charge is -2.12. The molecule has 0 saturated carbocycles. The summed E-state index contributed by atoms with van der Waals surface area (Å²) in [4.78, 5) is 12.7. The summed E-state index contributed by atoms with van der Waals surface area (Å²) in [5, 5.41) is 12.4. The molecule has 6 nitrogen and oxygen atoms in total. The van der Waals surface area contributed by atoms with Gasteiger partial charge in [-0.2, -0.15) is 0 Å². The van der Waals surface area contributed by atoms with Crippen LogP contribution in [0.3, 0.4) is 0 Å². The summed E-state index contributed by atoms with van der Waals surface area (Å²) in [5.74, 6) is 1.57. The molecule has 0 aliphatic heterocycles. The van der Waals surface area contributed by atoms with Gasteiger partial charge in [-0.3, -0.25) is 9.36 Å². The molecule has 1 N–H and O–H groups in total. The van der Waals surface area contributed by atoms with Gasteiger partial charge in [0.2, 0.25) is 5.91 Å². The minimum Gasteiger partial charge on any atom is -0.486 e. The van der Waals surface area contributed by atoms with E-state index in [1.165, 1.54) is 17.3 Å². The molecule has 0 atom stereocenters. The lowest BCUT2D eigenvalue weighted by atomic mass is 10.1. The second-order valence-electron chi connectivity index (χ2n) is 8.01. The second kappa shape index (κ2) is 11.0. The predicted molar refractivity (Wildman–Crippen MR) is 137 cm³/mol. The number of aromatic nitrogens is 3. The SMILES string of the molecule is CCc1ccc(-n2c(COc3ccccc3)nnc2SCC(=O)Nc2cc(C)ccc2C)cc1. The first-order chi connectivity index (χ1) is 16.5.